The molecule has 1 N–H and O–H groups in total. The molecule has 0 saturated carbocycles. The molecule has 0 radical (unpaired) electrons. The number of fused-ring (bicyclic) bond motifs is 1. The minimum atomic E-state index is -3.40. The van der Waals surface area contributed by atoms with Gasteiger partial charge in [0.05, 0.1) is 11.8 Å². The van der Waals surface area contributed by atoms with Gasteiger partial charge in [-0.3, -0.25) is 0 Å². The van der Waals surface area contributed by atoms with Crippen molar-refractivity contribution in [2.75, 3.05) is 19.6 Å². The quantitative estimate of drug-likeness (QED) is 0.874. The van der Waals surface area contributed by atoms with Crippen molar-refractivity contribution in [2.24, 2.45) is 0 Å². The summed E-state index contributed by atoms with van der Waals surface area (Å²) in [4.78, 5) is 0. The summed E-state index contributed by atoms with van der Waals surface area (Å²) in [6.07, 6.45) is 2.49. The van der Waals surface area contributed by atoms with E-state index in [1.165, 1.54) is 0 Å². The van der Waals surface area contributed by atoms with Gasteiger partial charge in [-0.2, -0.15) is 4.31 Å². The van der Waals surface area contributed by atoms with Gasteiger partial charge in [-0.1, -0.05) is 29.8 Å². The van der Waals surface area contributed by atoms with Crippen LogP contribution in [0.2, 0.25) is 0 Å². The minimum absolute atomic E-state index is 0.0354. The van der Waals surface area contributed by atoms with Gasteiger partial charge < -0.3 is 9.88 Å². The molecule has 26 heavy (non-hydrogen) atoms. The Hall–Kier alpha value is -1.77. The standard InChI is InChI=1S/C18H25N5O2S/c1-14-4-2-5-15(12-14)13-26(24,25)23-10-3-6-16(23)18-21-20-17-7-8-19-9-11-22(17)18/h2,4-5,12,16,19H,3,6-11,13H2,1H3. The highest BCUT2D eigenvalue weighted by Crippen LogP contribution is 2.35. The Bertz CT molecular complexity index is 893. The molecule has 7 nitrogen and oxygen atoms in total. The molecule has 0 aliphatic carbocycles. The first-order chi connectivity index (χ1) is 12.5. The van der Waals surface area contributed by atoms with Gasteiger partial charge in [-0.25, -0.2) is 8.42 Å². The molecule has 1 aromatic heterocycles. The molecular formula is C18H25N5O2S. The Morgan fingerprint density at radius 3 is 2.96 bits per heavy atom. The average molecular weight is 375 g/mol. The lowest BCUT2D eigenvalue weighted by atomic mass is 10.2. The Kier molecular flexibility index (Phi) is 4.81. The highest BCUT2D eigenvalue weighted by atomic mass is 32.2. The number of aromatic nitrogens is 3. The molecular weight excluding hydrogens is 350 g/mol. The summed E-state index contributed by atoms with van der Waals surface area (Å²) in [6, 6.07) is 7.51. The monoisotopic (exact) mass is 375 g/mol. The van der Waals surface area contributed by atoms with Crippen LogP contribution in [0.4, 0.5) is 0 Å². The van der Waals surface area contributed by atoms with Gasteiger partial charge in [-0.05, 0) is 25.3 Å². The minimum Gasteiger partial charge on any atom is -0.315 e. The number of rotatable bonds is 4. The van der Waals surface area contributed by atoms with E-state index in [0.29, 0.717) is 6.54 Å². The highest BCUT2D eigenvalue weighted by molar-refractivity contribution is 7.88. The first-order valence-electron chi connectivity index (χ1n) is 9.22. The molecule has 8 heteroatoms. The second kappa shape index (κ2) is 7.09. The number of hydrogen-bond donors (Lipinski definition) is 1. The fraction of sp³-hybridized carbons (Fsp3) is 0.556. The summed E-state index contributed by atoms with van der Waals surface area (Å²) < 4.78 is 30.0. The van der Waals surface area contributed by atoms with Gasteiger partial charge in [0.15, 0.2) is 5.82 Å². The van der Waals surface area contributed by atoms with E-state index in [2.05, 4.69) is 20.1 Å². The fourth-order valence-electron chi connectivity index (χ4n) is 3.97. The van der Waals surface area contributed by atoms with Crippen LogP contribution in [0.1, 0.15) is 41.7 Å². The van der Waals surface area contributed by atoms with E-state index in [1.807, 2.05) is 31.2 Å². The lowest BCUT2D eigenvalue weighted by molar-refractivity contribution is 0.371. The predicted molar refractivity (Wildman–Crippen MR) is 99.1 cm³/mol. The van der Waals surface area contributed by atoms with Gasteiger partial charge in [0.2, 0.25) is 10.0 Å². The van der Waals surface area contributed by atoms with E-state index in [-0.39, 0.29) is 11.8 Å². The lowest BCUT2D eigenvalue weighted by Crippen LogP contribution is -2.33. The summed E-state index contributed by atoms with van der Waals surface area (Å²) in [5, 5.41) is 12.1. The van der Waals surface area contributed by atoms with Crippen LogP contribution in [-0.4, -0.2) is 47.1 Å². The SMILES string of the molecule is Cc1cccc(CS(=O)(=O)N2CCCC2c2nnc3n2CCNCC3)c1. The van der Waals surface area contributed by atoms with Crippen LogP contribution in [0.5, 0.6) is 0 Å². The first kappa shape index (κ1) is 17.6. The molecule has 0 bridgehead atoms. The average Bonchev–Trinajstić information content (AvgIpc) is 3.16. The molecule has 1 unspecified atom stereocenters. The van der Waals surface area contributed by atoms with Crippen molar-refractivity contribution in [1.82, 2.24) is 24.4 Å². The van der Waals surface area contributed by atoms with Crippen molar-refractivity contribution in [2.45, 2.75) is 44.5 Å². The van der Waals surface area contributed by atoms with Gasteiger partial charge in [0, 0.05) is 32.6 Å². The van der Waals surface area contributed by atoms with Crippen LogP contribution in [-0.2, 0) is 28.7 Å². The number of hydrogen-bond acceptors (Lipinski definition) is 5. The summed E-state index contributed by atoms with van der Waals surface area (Å²) >= 11 is 0. The molecule has 2 aromatic rings. The third kappa shape index (κ3) is 3.41. The maximum atomic E-state index is 13.1. The molecule has 1 aromatic carbocycles. The highest BCUT2D eigenvalue weighted by Gasteiger charge is 2.38. The van der Waals surface area contributed by atoms with E-state index in [4.69, 9.17) is 0 Å². The van der Waals surface area contributed by atoms with Crippen LogP contribution < -0.4 is 5.32 Å². The van der Waals surface area contributed by atoms with E-state index in [0.717, 1.165) is 61.7 Å². The fourth-order valence-corrected chi connectivity index (χ4v) is 5.73. The third-order valence-electron chi connectivity index (χ3n) is 5.18. The van der Waals surface area contributed by atoms with Crippen LogP contribution in [0.15, 0.2) is 24.3 Å². The van der Waals surface area contributed by atoms with E-state index in [9.17, 15) is 8.42 Å². The normalized spacial score (nSPS) is 21.5. The van der Waals surface area contributed by atoms with Crippen LogP contribution >= 0.6 is 0 Å². The molecule has 0 amide bonds. The van der Waals surface area contributed by atoms with Crippen molar-refractivity contribution < 1.29 is 8.42 Å². The van der Waals surface area contributed by atoms with Crippen LogP contribution in [0.25, 0.3) is 0 Å². The lowest BCUT2D eigenvalue weighted by Gasteiger charge is -2.24. The number of sulfonamides is 1. The molecule has 1 fully saturated rings. The number of benzene rings is 1. The number of nitrogens with one attached hydrogen (secondary N) is 1. The largest absolute Gasteiger partial charge is 0.315 e. The van der Waals surface area contributed by atoms with Crippen molar-refractivity contribution in [3.63, 3.8) is 0 Å². The van der Waals surface area contributed by atoms with E-state index in [1.54, 1.807) is 4.31 Å². The van der Waals surface area contributed by atoms with Gasteiger partial charge in [0.1, 0.15) is 5.82 Å². The zero-order chi connectivity index (χ0) is 18.1. The van der Waals surface area contributed by atoms with E-state index >= 15 is 0 Å². The summed E-state index contributed by atoms with van der Waals surface area (Å²) in [5.74, 6) is 1.79. The molecule has 2 aliphatic rings. The zero-order valence-corrected chi connectivity index (χ0v) is 15.9. The first-order valence-corrected chi connectivity index (χ1v) is 10.8. The second-order valence-corrected chi connectivity index (χ2v) is 9.06. The van der Waals surface area contributed by atoms with Gasteiger partial charge in [-0.15, -0.1) is 10.2 Å². The summed E-state index contributed by atoms with van der Waals surface area (Å²) in [6.45, 7) is 5.08. The zero-order valence-electron chi connectivity index (χ0n) is 15.1. The Morgan fingerprint density at radius 2 is 2.12 bits per heavy atom. The van der Waals surface area contributed by atoms with Crippen molar-refractivity contribution >= 4 is 10.0 Å². The molecule has 2 aliphatic heterocycles. The molecule has 3 heterocycles. The number of nitrogens with zero attached hydrogens (tertiary/aromatic N) is 4. The smallest absolute Gasteiger partial charge is 0.218 e. The summed E-state index contributed by atoms with van der Waals surface area (Å²) in [7, 11) is -3.40. The Morgan fingerprint density at radius 1 is 1.23 bits per heavy atom. The topological polar surface area (TPSA) is 80.1 Å². The molecule has 140 valence electrons. The summed E-state index contributed by atoms with van der Waals surface area (Å²) in [5.41, 5.74) is 1.91. The maximum absolute atomic E-state index is 13.1. The Labute approximate surface area is 154 Å². The molecule has 0 spiro atoms. The molecule has 4 rings (SSSR count). The number of aryl methyl sites for hydroxylation is 1. The van der Waals surface area contributed by atoms with E-state index < -0.39 is 10.0 Å². The third-order valence-corrected chi connectivity index (χ3v) is 7.03. The maximum Gasteiger partial charge on any atom is 0.218 e. The van der Waals surface area contributed by atoms with Crippen molar-refractivity contribution in [3.05, 3.63) is 47.0 Å². The van der Waals surface area contributed by atoms with Gasteiger partial charge >= 0.3 is 0 Å². The van der Waals surface area contributed by atoms with Crippen molar-refractivity contribution in [3.8, 4) is 0 Å². The van der Waals surface area contributed by atoms with Crippen molar-refractivity contribution in [1.29, 1.82) is 0 Å². The van der Waals surface area contributed by atoms with Crippen LogP contribution in [0.3, 0.4) is 0 Å². The second-order valence-electron chi connectivity index (χ2n) is 7.14. The predicted octanol–water partition coefficient (Wildman–Crippen LogP) is 1.40. The Balaban J connectivity index is 1.61. The van der Waals surface area contributed by atoms with Gasteiger partial charge in [0.25, 0.3) is 0 Å². The van der Waals surface area contributed by atoms with Crippen LogP contribution in [0, 0.1) is 6.92 Å². The molecule has 1 atom stereocenters. The molecule has 1 saturated heterocycles.